The molecule has 0 radical (unpaired) electrons. The van der Waals surface area contributed by atoms with Gasteiger partial charge in [-0.3, -0.25) is 4.79 Å². The van der Waals surface area contributed by atoms with E-state index >= 15 is 0 Å². The number of nitrogens with one attached hydrogen (secondary N) is 1. The molecule has 1 N–H and O–H groups in total. The third-order valence-corrected chi connectivity index (χ3v) is 4.30. The van der Waals surface area contributed by atoms with Crippen LogP contribution in [0.25, 0.3) is 0 Å². The van der Waals surface area contributed by atoms with Crippen molar-refractivity contribution >= 4 is 16.2 Å². The van der Waals surface area contributed by atoms with Crippen LogP contribution in [0.3, 0.4) is 0 Å². The molecule has 106 valence electrons. The van der Waals surface area contributed by atoms with Gasteiger partial charge in [0.25, 0.3) is 10.2 Å². The molecule has 0 aromatic heterocycles. The Morgan fingerprint density at radius 1 is 1.33 bits per heavy atom. The Morgan fingerprint density at radius 2 is 1.89 bits per heavy atom. The van der Waals surface area contributed by atoms with Crippen molar-refractivity contribution in [3.8, 4) is 0 Å². The Balaban J connectivity index is 2.75. The molecular formula is C10H20N2O5S. The number of nitrogens with zero attached hydrogens (tertiary/aromatic N) is 1. The van der Waals surface area contributed by atoms with Crippen molar-refractivity contribution in [2.24, 2.45) is 5.92 Å². The normalized spacial score (nSPS) is 19.8. The lowest BCUT2D eigenvalue weighted by molar-refractivity contribution is -0.143. The van der Waals surface area contributed by atoms with Crippen LogP contribution >= 0.6 is 0 Å². The monoisotopic (exact) mass is 280 g/mol. The van der Waals surface area contributed by atoms with Crippen LogP contribution in [0, 0.1) is 5.92 Å². The molecule has 18 heavy (non-hydrogen) atoms. The Morgan fingerprint density at radius 3 is 2.33 bits per heavy atom. The van der Waals surface area contributed by atoms with E-state index in [0.717, 1.165) is 0 Å². The summed E-state index contributed by atoms with van der Waals surface area (Å²) in [4.78, 5) is 11.5. The Hall–Kier alpha value is -0.700. The number of esters is 1. The number of ether oxygens (including phenoxy) is 2. The second kappa shape index (κ2) is 6.46. The minimum absolute atomic E-state index is 0.187. The van der Waals surface area contributed by atoms with Gasteiger partial charge in [-0.15, -0.1) is 0 Å². The lowest BCUT2D eigenvalue weighted by atomic mass is 10.1. The Bertz CT molecular complexity index is 376. The molecule has 0 aromatic carbocycles. The molecule has 7 nitrogen and oxygen atoms in total. The summed E-state index contributed by atoms with van der Waals surface area (Å²) in [7, 11) is -2.44. The second-order valence-corrected chi connectivity index (χ2v) is 6.08. The zero-order valence-corrected chi connectivity index (χ0v) is 11.7. The topological polar surface area (TPSA) is 84.9 Å². The molecule has 1 unspecified atom stereocenters. The SMILES string of the molecule is COC(=O)C(NS(=O)(=O)N1CCOCC1)C(C)C. The van der Waals surface area contributed by atoms with Gasteiger partial charge in [0.2, 0.25) is 0 Å². The fraction of sp³-hybridized carbons (Fsp3) is 0.900. The van der Waals surface area contributed by atoms with Crippen molar-refractivity contribution in [3.05, 3.63) is 0 Å². The summed E-state index contributed by atoms with van der Waals surface area (Å²) in [5, 5.41) is 0. The predicted molar refractivity (Wildman–Crippen MR) is 65.1 cm³/mol. The van der Waals surface area contributed by atoms with E-state index in [9.17, 15) is 13.2 Å². The zero-order valence-electron chi connectivity index (χ0n) is 10.9. The highest BCUT2D eigenvalue weighted by Gasteiger charge is 2.32. The number of rotatable bonds is 5. The number of carbonyl (C=O) groups is 1. The van der Waals surface area contributed by atoms with Gasteiger partial charge in [-0.2, -0.15) is 17.4 Å². The van der Waals surface area contributed by atoms with E-state index in [2.05, 4.69) is 9.46 Å². The summed E-state index contributed by atoms with van der Waals surface area (Å²) in [5.74, 6) is -0.768. The molecule has 1 aliphatic heterocycles. The van der Waals surface area contributed by atoms with Gasteiger partial charge in [0.15, 0.2) is 0 Å². The van der Waals surface area contributed by atoms with E-state index in [4.69, 9.17) is 4.74 Å². The number of methoxy groups -OCH3 is 1. The summed E-state index contributed by atoms with van der Waals surface area (Å²) in [5.41, 5.74) is 0. The van der Waals surface area contributed by atoms with Crippen molar-refractivity contribution in [1.82, 2.24) is 9.03 Å². The highest BCUT2D eigenvalue weighted by Crippen LogP contribution is 2.09. The Kier molecular flexibility index (Phi) is 5.51. The largest absolute Gasteiger partial charge is 0.468 e. The third-order valence-electron chi connectivity index (χ3n) is 2.71. The van der Waals surface area contributed by atoms with Gasteiger partial charge in [0.1, 0.15) is 6.04 Å². The Labute approximate surface area is 108 Å². The van der Waals surface area contributed by atoms with Gasteiger partial charge in [-0.25, -0.2) is 0 Å². The summed E-state index contributed by atoms with van der Waals surface area (Å²) in [6.45, 7) is 4.83. The van der Waals surface area contributed by atoms with Gasteiger partial charge < -0.3 is 9.47 Å². The molecule has 0 saturated carbocycles. The smallest absolute Gasteiger partial charge is 0.324 e. The summed E-state index contributed by atoms with van der Waals surface area (Å²) >= 11 is 0. The predicted octanol–water partition coefficient (Wildman–Crippen LogP) is -0.649. The number of carbonyl (C=O) groups excluding carboxylic acids is 1. The lowest BCUT2D eigenvalue weighted by Gasteiger charge is -2.28. The summed E-state index contributed by atoms with van der Waals surface area (Å²) in [6.07, 6.45) is 0. The third kappa shape index (κ3) is 3.91. The van der Waals surface area contributed by atoms with E-state index in [-0.39, 0.29) is 5.92 Å². The first kappa shape index (κ1) is 15.4. The van der Waals surface area contributed by atoms with Crippen LogP contribution in [0.4, 0.5) is 0 Å². The summed E-state index contributed by atoms with van der Waals surface area (Å²) in [6, 6.07) is -0.872. The van der Waals surface area contributed by atoms with Crippen molar-refractivity contribution in [3.63, 3.8) is 0 Å². The van der Waals surface area contributed by atoms with Crippen LogP contribution in [0.2, 0.25) is 0 Å². The van der Waals surface area contributed by atoms with E-state index in [1.54, 1.807) is 13.8 Å². The molecule has 8 heteroatoms. The van der Waals surface area contributed by atoms with E-state index in [0.29, 0.717) is 26.3 Å². The van der Waals surface area contributed by atoms with Crippen molar-refractivity contribution in [1.29, 1.82) is 0 Å². The molecule has 0 aromatic rings. The average Bonchev–Trinajstić information content (AvgIpc) is 2.36. The number of morpholine rings is 1. The molecule has 1 atom stereocenters. The van der Waals surface area contributed by atoms with Crippen LogP contribution in [0.15, 0.2) is 0 Å². The van der Waals surface area contributed by atoms with Gasteiger partial charge >= 0.3 is 5.97 Å². The molecule has 0 aliphatic carbocycles. The van der Waals surface area contributed by atoms with Crippen molar-refractivity contribution in [2.75, 3.05) is 33.4 Å². The average molecular weight is 280 g/mol. The van der Waals surface area contributed by atoms with Gasteiger partial charge in [0.05, 0.1) is 20.3 Å². The fourth-order valence-electron chi connectivity index (χ4n) is 1.61. The van der Waals surface area contributed by atoms with Gasteiger partial charge in [0, 0.05) is 13.1 Å². The second-order valence-electron chi connectivity index (χ2n) is 4.38. The van der Waals surface area contributed by atoms with Gasteiger partial charge in [-0.1, -0.05) is 13.8 Å². The summed E-state index contributed by atoms with van der Waals surface area (Å²) < 4.78 is 37.5. The molecule has 1 rings (SSSR count). The highest BCUT2D eigenvalue weighted by molar-refractivity contribution is 7.87. The van der Waals surface area contributed by atoms with E-state index < -0.39 is 22.2 Å². The zero-order chi connectivity index (χ0) is 13.8. The molecule has 0 bridgehead atoms. The fourth-order valence-corrected chi connectivity index (χ4v) is 3.07. The molecule has 1 fully saturated rings. The van der Waals surface area contributed by atoms with Crippen LogP contribution < -0.4 is 4.72 Å². The molecule has 1 aliphatic rings. The standard InChI is InChI=1S/C10H20N2O5S/c1-8(2)9(10(13)16-3)11-18(14,15)12-4-6-17-7-5-12/h8-9,11H,4-7H2,1-3H3. The molecule has 1 saturated heterocycles. The highest BCUT2D eigenvalue weighted by atomic mass is 32.2. The van der Waals surface area contributed by atoms with Gasteiger partial charge in [-0.05, 0) is 5.92 Å². The minimum atomic E-state index is -3.68. The van der Waals surface area contributed by atoms with Crippen LogP contribution in [-0.2, 0) is 24.5 Å². The maximum atomic E-state index is 12.1. The molecule has 0 amide bonds. The maximum Gasteiger partial charge on any atom is 0.324 e. The molecular weight excluding hydrogens is 260 g/mol. The van der Waals surface area contributed by atoms with Crippen LogP contribution in [-0.4, -0.2) is 58.1 Å². The van der Waals surface area contributed by atoms with E-state index in [1.165, 1.54) is 11.4 Å². The van der Waals surface area contributed by atoms with Crippen LogP contribution in [0.1, 0.15) is 13.8 Å². The number of hydrogen-bond acceptors (Lipinski definition) is 5. The first-order valence-corrected chi connectivity index (χ1v) is 7.25. The van der Waals surface area contributed by atoms with Crippen molar-refractivity contribution in [2.45, 2.75) is 19.9 Å². The first-order chi connectivity index (χ1) is 8.38. The quantitative estimate of drug-likeness (QED) is 0.677. The van der Waals surface area contributed by atoms with Crippen molar-refractivity contribution < 1.29 is 22.7 Å². The number of hydrogen-bond donors (Lipinski definition) is 1. The maximum absolute atomic E-state index is 12.1. The molecule has 1 heterocycles. The van der Waals surface area contributed by atoms with Crippen LogP contribution in [0.5, 0.6) is 0 Å². The minimum Gasteiger partial charge on any atom is -0.468 e. The first-order valence-electron chi connectivity index (χ1n) is 5.81. The molecule has 0 spiro atoms. The lowest BCUT2D eigenvalue weighted by Crippen LogP contribution is -2.53. The van der Waals surface area contributed by atoms with E-state index in [1.807, 2.05) is 0 Å².